The van der Waals surface area contributed by atoms with Gasteiger partial charge < -0.3 is 5.32 Å². The Balaban J connectivity index is 2.32. The fourth-order valence-electron chi connectivity index (χ4n) is 1.79. The maximum absolute atomic E-state index is 10.9. The molecular formula is C14H18N4O2. The molecule has 106 valence electrons. The number of rotatable bonds is 5. The van der Waals surface area contributed by atoms with Gasteiger partial charge in [-0.1, -0.05) is 20.8 Å². The highest BCUT2D eigenvalue weighted by molar-refractivity contribution is 5.90. The largest absolute Gasteiger partial charge is 0.369 e. The van der Waals surface area contributed by atoms with Crippen LogP contribution in [0.3, 0.4) is 0 Å². The zero-order valence-corrected chi connectivity index (χ0v) is 11.8. The number of nitro groups is 1. The minimum Gasteiger partial charge on any atom is -0.369 e. The predicted molar refractivity (Wildman–Crippen MR) is 78.7 cm³/mol. The van der Waals surface area contributed by atoms with Crippen LogP contribution >= 0.6 is 0 Å². The summed E-state index contributed by atoms with van der Waals surface area (Å²) in [5.74, 6) is 1.69. The maximum Gasteiger partial charge on any atom is 0.270 e. The van der Waals surface area contributed by atoms with Gasteiger partial charge in [-0.3, -0.25) is 10.1 Å². The molecule has 0 fully saturated rings. The number of anilines is 1. The van der Waals surface area contributed by atoms with Gasteiger partial charge in [0.15, 0.2) is 0 Å². The summed E-state index contributed by atoms with van der Waals surface area (Å²) in [6, 6.07) is 4.61. The van der Waals surface area contributed by atoms with Crippen LogP contribution in [0.4, 0.5) is 11.5 Å². The molecule has 0 aliphatic rings. The van der Waals surface area contributed by atoms with Crippen molar-refractivity contribution in [1.29, 1.82) is 0 Å². The van der Waals surface area contributed by atoms with Gasteiger partial charge in [0.2, 0.25) is 0 Å². The van der Waals surface area contributed by atoms with E-state index in [2.05, 4.69) is 36.1 Å². The molecule has 20 heavy (non-hydrogen) atoms. The van der Waals surface area contributed by atoms with Crippen LogP contribution in [0.15, 0.2) is 24.5 Å². The number of hydrogen-bond acceptors (Lipinski definition) is 5. The molecule has 2 rings (SSSR count). The number of fused-ring (bicyclic) bond motifs is 1. The van der Waals surface area contributed by atoms with Gasteiger partial charge in [0.1, 0.15) is 12.1 Å². The fourth-order valence-corrected chi connectivity index (χ4v) is 1.79. The Kier molecular flexibility index (Phi) is 4.12. The number of aromatic nitrogens is 2. The van der Waals surface area contributed by atoms with Crippen molar-refractivity contribution in [2.45, 2.75) is 20.8 Å². The van der Waals surface area contributed by atoms with E-state index in [1.54, 1.807) is 6.07 Å². The van der Waals surface area contributed by atoms with Crippen LogP contribution in [0.2, 0.25) is 0 Å². The molecular weight excluding hydrogens is 256 g/mol. The second-order valence-electron chi connectivity index (χ2n) is 5.28. The van der Waals surface area contributed by atoms with Crippen molar-refractivity contribution in [2.24, 2.45) is 11.8 Å². The number of non-ortho nitro benzene ring substituents is 1. The molecule has 0 aliphatic heterocycles. The first kappa shape index (κ1) is 14.2. The molecule has 0 amide bonds. The first-order chi connectivity index (χ1) is 9.49. The van der Waals surface area contributed by atoms with Gasteiger partial charge in [0.05, 0.1) is 10.4 Å². The summed E-state index contributed by atoms with van der Waals surface area (Å²) in [5, 5.41) is 14.8. The van der Waals surface area contributed by atoms with Gasteiger partial charge in [-0.05, 0) is 17.9 Å². The Labute approximate surface area is 117 Å². The summed E-state index contributed by atoms with van der Waals surface area (Å²) in [6.07, 6.45) is 1.47. The quantitative estimate of drug-likeness (QED) is 0.668. The van der Waals surface area contributed by atoms with Crippen LogP contribution in [0.5, 0.6) is 0 Å². The molecule has 1 aromatic heterocycles. The molecule has 1 atom stereocenters. The molecule has 2 aromatic rings. The molecule has 0 radical (unpaired) electrons. The van der Waals surface area contributed by atoms with Crippen molar-refractivity contribution in [3.05, 3.63) is 34.6 Å². The molecule has 0 spiro atoms. The molecule has 0 saturated heterocycles. The Morgan fingerprint density at radius 2 is 2.05 bits per heavy atom. The standard InChI is InChI=1S/C14H18N4O2/c1-9(2)10(3)7-15-14-12-6-11(18(19)20)4-5-13(12)16-8-17-14/h4-6,8-10H,7H2,1-3H3,(H,15,16,17). The summed E-state index contributed by atoms with van der Waals surface area (Å²) in [5.41, 5.74) is 0.748. The van der Waals surface area contributed by atoms with Crippen molar-refractivity contribution in [1.82, 2.24) is 9.97 Å². The lowest BCUT2D eigenvalue weighted by Crippen LogP contribution is -2.17. The topological polar surface area (TPSA) is 81.0 Å². The number of benzene rings is 1. The van der Waals surface area contributed by atoms with Crippen LogP contribution in [0.25, 0.3) is 10.9 Å². The van der Waals surface area contributed by atoms with Crippen LogP contribution in [-0.4, -0.2) is 21.4 Å². The molecule has 1 unspecified atom stereocenters. The van der Waals surface area contributed by atoms with Gasteiger partial charge in [-0.25, -0.2) is 9.97 Å². The number of nitrogens with zero attached hydrogens (tertiary/aromatic N) is 3. The highest BCUT2D eigenvalue weighted by Crippen LogP contribution is 2.24. The Hall–Kier alpha value is -2.24. The lowest BCUT2D eigenvalue weighted by molar-refractivity contribution is -0.384. The highest BCUT2D eigenvalue weighted by atomic mass is 16.6. The minimum atomic E-state index is -0.410. The average Bonchev–Trinajstić information content (AvgIpc) is 2.43. The molecule has 0 saturated carbocycles. The smallest absolute Gasteiger partial charge is 0.270 e. The van der Waals surface area contributed by atoms with Crippen LogP contribution in [0.1, 0.15) is 20.8 Å². The van der Waals surface area contributed by atoms with Gasteiger partial charge in [-0.2, -0.15) is 0 Å². The van der Waals surface area contributed by atoms with Gasteiger partial charge in [0.25, 0.3) is 5.69 Å². The summed E-state index contributed by atoms with van der Waals surface area (Å²) < 4.78 is 0. The summed E-state index contributed by atoms with van der Waals surface area (Å²) in [6.45, 7) is 7.25. The molecule has 0 aliphatic carbocycles. The van der Waals surface area contributed by atoms with Crippen LogP contribution in [0, 0.1) is 22.0 Å². The van der Waals surface area contributed by atoms with E-state index >= 15 is 0 Å². The first-order valence-corrected chi connectivity index (χ1v) is 6.62. The zero-order chi connectivity index (χ0) is 14.7. The van der Waals surface area contributed by atoms with Crippen molar-refractivity contribution < 1.29 is 4.92 Å². The average molecular weight is 274 g/mol. The molecule has 1 aromatic carbocycles. The normalized spacial score (nSPS) is 12.6. The molecule has 1 N–H and O–H groups in total. The predicted octanol–water partition coefficient (Wildman–Crippen LogP) is 3.24. The second kappa shape index (κ2) is 5.81. The number of nitrogens with one attached hydrogen (secondary N) is 1. The lowest BCUT2D eigenvalue weighted by atomic mass is 9.98. The summed E-state index contributed by atoms with van der Waals surface area (Å²) >= 11 is 0. The third-order valence-corrected chi connectivity index (χ3v) is 3.56. The van der Waals surface area contributed by atoms with E-state index in [4.69, 9.17) is 0 Å². The first-order valence-electron chi connectivity index (χ1n) is 6.62. The number of nitro benzene ring substituents is 1. The van der Waals surface area contributed by atoms with Crippen LogP contribution in [-0.2, 0) is 0 Å². The van der Waals surface area contributed by atoms with E-state index in [1.165, 1.54) is 18.5 Å². The SMILES string of the molecule is CC(C)C(C)CNc1ncnc2ccc([N+](=O)[O-])cc12. The Morgan fingerprint density at radius 1 is 1.30 bits per heavy atom. The Morgan fingerprint density at radius 3 is 2.70 bits per heavy atom. The van der Waals surface area contributed by atoms with E-state index in [0.717, 1.165) is 6.54 Å². The van der Waals surface area contributed by atoms with Gasteiger partial charge in [0, 0.05) is 24.1 Å². The van der Waals surface area contributed by atoms with Crippen molar-refractivity contribution in [3.8, 4) is 0 Å². The van der Waals surface area contributed by atoms with E-state index in [1.807, 2.05) is 0 Å². The minimum absolute atomic E-state index is 0.0484. The van der Waals surface area contributed by atoms with E-state index in [9.17, 15) is 10.1 Å². The molecule has 1 heterocycles. The maximum atomic E-state index is 10.9. The van der Waals surface area contributed by atoms with Crippen LogP contribution < -0.4 is 5.32 Å². The van der Waals surface area contributed by atoms with E-state index < -0.39 is 4.92 Å². The fraction of sp³-hybridized carbons (Fsp3) is 0.429. The zero-order valence-electron chi connectivity index (χ0n) is 11.8. The monoisotopic (exact) mass is 274 g/mol. The van der Waals surface area contributed by atoms with Crippen molar-refractivity contribution >= 4 is 22.4 Å². The third-order valence-electron chi connectivity index (χ3n) is 3.56. The molecule has 6 heteroatoms. The van der Waals surface area contributed by atoms with Gasteiger partial charge in [-0.15, -0.1) is 0 Å². The van der Waals surface area contributed by atoms with Gasteiger partial charge >= 0.3 is 0 Å². The lowest BCUT2D eigenvalue weighted by Gasteiger charge is -2.17. The van der Waals surface area contributed by atoms with Crippen molar-refractivity contribution in [3.63, 3.8) is 0 Å². The second-order valence-corrected chi connectivity index (χ2v) is 5.28. The molecule has 0 bridgehead atoms. The summed E-state index contributed by atoms with van der Waals surface area (Å²) in [7, 11) is 0. The number of hydrogen-bond donors (Lipinski definition) is 1. The third kappa shape index (κ3) is 3.01. The van der Waals surface area contributed by atoms with E-state index in [0.29, 0.717) is 28.6 Å². The Bertz CT molecular complexity index is 628. The van der Waals surface area contributed by atoms with E-state index in [-0.39, 0.29) is 5.69 Å². The summed E-state index contributed by atoms with van der Waals surface area (Å²) in [4.78, 5) is 18.8. The molecule has 6 nitrogen and oxygen atoms in total. The highest BCUT2D eigenvalue weighted by Gasteiger charge is 2.12. The van der Waals surface area contributed by atoms with Crippen molar-refractivity contribution in [2.75, 3.05) is 11.9 Å².